The first-order valence-corrected chi connectivity index (χ1v) is 7.71. The van der Waals surface area contributed by atoms with Crippen LogP contribution in [-0.4, -0.2) is 17.0 Å². The van der Waals surface area contributed by atoms with Gasteiger partial charge in [0.05, 0.1) is 11.8 Å². The van der Waals surface area contributed by atoms with Crippen LogP contribution in [0.25, 0.3) is 6.08 Å². The highest BCUT2D eigenvalue weighted by atomic mass is 32.1. The third-order valence-corrected chi connectivity index (χ3v) is 3.83. The molecule has 0 radical (unpaired) electrons. The van der Waals surface area contributed by atoms with Gasteiger partial charge < -0.3 is 14.8 Å². The second-order valence-electron chi connectivity index (χ2n) is 5.21. The van der Waals surface area contributed by atoms with Gasteiger partial charge in [-0.25, -0.2) is 4.79 Å². The second kappa shape index (κ2) is 7.09. The lowest BCUT2D eigenvalue weighted by molar-refractivity contribution is -0.111. The van der Waals surface area contributed by atoms with Crippen LogP contribution in [0.15, 0.2) is 34.3 Å². The summed E-state index contributed by atoms with van der Waals surface area (Å²) in [6.45, 7) is 4.04. The van der Waals surface area contributed by atoms with Gasteiger partial charge in [-0.05, 0) is 41.5 Å². The van der Waals surface area contributed by atoms with Crippen LogP contribution in [0.1, 0.15) is 35.5 Å². The summed E-state index contributed by atoms with van der Waals surface area (Å²) in [6, 6.07) is 3.44. The van der Waals surface area contributed by atoms with Gasteiger partial charge in [-0.1, -0.05) is 13.8 Å². The number of rotatable bonds is 6. The number of carbonyl (C=O) groups is 2. The fourth-order valence-corrected chi connectivity index (χ4v) is 2.98. The molecule has 22 heavy (non-hydrogen) atoms. The maximum absolute atomic E-state index is 11.9. The summed E-state index contributed by atoms with van der Waals surface area (Å²) in [7, 11) is 0. The summed E-state index contributed by atoms with van der Waals surface area (Å²) in [6.07, 6.45) is 5.01. The highest BCUT2D eigenvalue weighted by Gasteiger charge is 2.19. The third kappa shape index (κ3) is 4.08. The third-order valence-electron chi connectivity index (χ3n) is 2.89. The van der Waals surface area contributed by atoms with Gasteiger partial charge >= 0.3 is 5.97 Å². The predicted octanol–water partition coefficient (Wildman–Crippen LogP) is 3.89. The van der Waals surface area contributed by atoms with Gasteiger partial charge in [-0.3, -0.25) is 4.79 Å². The molecule has 2 heterocycles. The van der Waals surface area contributed by atoms with Gasteiger partial charge in [0.25, 0.3) is 0 Å². The van der Waals surface area contributed by atoms with Crippen molar-refractivity contribution in [3.63, 3.8) is 0 Å². The minimum atomic E-state index is -1.03. The number of hydrogen-bond acceptors (Lipinski definition) is 4. The minimum Gasteiger partial charge on any atom is -0.478 e. The standard InChI is InChI=1S/C16H17NO4S/c1-10(2)8-11-9-22-15(14(11)16(19)20)17-13(18)6-5-12-4-3-7-21-12/h3-7,9-10H,8H2,1-2H3,(H,17,18)(H,19,20)/b6-5+. The molecule has 0 atom stereocenters. The van der Waals surface area contributed by atoms with Crippen molar-refractivity contribution >= 4 is 34.3 Å². The number of furan rings is 1. The molecule has 0 aliphatic rings. The Labute approximate surface area is 132 Å². The average molecular weight is 319 g/mol. The van der Waals surface area contributed by atoms with Gasteiger partial charge in [0.2, 0.25) is 5.91 Å². The normalized spacial score (nSPS) is 11.2. The van der Waals surface area contributed by atoms with Crippen molar-refractivity contribution in [3.05, 3.63) is 46.7 Å². The summed E-state index contributed by atoms with van der Waals surface area (Å²) in [5, 5.41) is 14.1. The molecule has 0 saturated carbocycles. The quantitative estimate of drug-likeness (QED) is 0.792. The molecule has 2 N–H and O–H groups in total. The Balaban J connectivity index is 2.13. The highest BCUT2D eigenvalue weighted by molar-refractivity contribution is 7.15. The maximum Gasteiger partial charge on any atom is 0.338 e. The number of thiophene rings is 1. The van der Waals surface area contributed by atoms with Gasteiger partial charge in [0, 0.05) is 6.08 Å². The van der Waals surface area contributed by atoms with Crippen LogP contribution >= 0.6 is 11.3 Å². The fourth-order valence-electron chi connectivity index (χ4n) is 2.01. The molecular formula is C16H17NO4S. The van der Waals surface area contributed by atoms with Crippen molar-refractivity contribution in [2.75, 3.05) is 5.32 Å². The lowest BCUT2D eigenvalue weighted by atomic mass is 10.0. The summed E-state index contributed by atoms with van der Waals surface area (Å²) >= 11 is 1.23. The van der Waals surface area contributed by atoms with E-state index in [0.717, 1.165) is 5.56 Å². The van der Waals surface area contributed by atoms with Crippen molar-refractivity contribution in [2.45, 2.75) is 20.3 Å². The van der Waals surface area contributed by atoms with E-state index in [2.05, 4.69) is 5.32 Å². The molecule has 0 spiro atoms. The Hall–Kier alpha value is -2.34. The SMILES string of the molecule is CC(C)Cc1csc(NC(=O)/C=C/c2ccco2)c1C(=O)O. The summed E-state index contributed by atoms with van der Waals surface area (Å²) in [5.74, 6) is -0.519. The van der Waals surface area contributed by atoms with E-state index in [9.17, 15) is 14.7 Å². The van der Waals surface area contributed by atoms with E-state index >= 15 is 0 Å². The zero-order valence-electron chi connectivity index (χ0n) is 12.3. The molecule has 5 nitrogen and oxygen atoms in total. The van der Waals surface area contributed by atoms with Crippen molar-refractivity contribution in [1.29, 1.82) is 0 Å². The van der Waals surface area contributed by atoms with E-state index in [-0.39, 0.29) is 5.56 Å². The molecule has 1 amide bonds. The van der Waals surface area contributed by atoms with Crippen LogP contribution in [0.3, 0.4) is 0 Å². The minimum absolute atomic E-state index is 0.179. The fraction of sp³-hybridized carbons (Fsp3) is 0.250. The van der Waals surface area contributed by atoms with E-state index in [1.54, 1.807) is 17.5 Å². The number of nitrogens with one attached hydrogen (secondary N) is 1. The van der Waals surface area contributed by atoms with Crippen LogP contribution in [-0.2, 0) is 11.2 Å². The lowest BCUT2D eigenvalue weighted by Crippen LogP contribution is -2.11. The lowest BCUT2D eigenvalue weighted by Gasteiger charge is -2.06. The number of hydrogen-bond donors (Lipinski definition) is 2. The summed E-state index contributed by atoms with van der Waals surface area (Å²) < 4.78 is 5.09. The molecule has 2 aromatic heterocycles. The monoisotopic (exact) mass is 319 g/mol. The molecule has 0 fully saturated rings. The number of carbonyl (C=O) groups excluding carboxylic acids is 1. The van der Waals surface area contributed by atoms with Crippen molar-refractivity contribution in [1.82, 2.24) is 0 Å². The second-order valence-corrected chi connectivity index (χ2v) is 6.09. The number of carboxylic acid groups (broad SMARTS) is 1. The largest absolute Gasteiger partial charge is 0.478 e. The van der Waals surface area contributed by atoms with Crippen molar-refractivity contribution < 1.29 is 19.1 Å². The van der Waals surface area contributed by atoms with Gasteiger partial charge in [-0.15, -0.1) is 11.3 Å². The first-order chi connectivity index (χ1) is 10.5. The van der Waals surface area contributed by atoms with E-state index < -0.39 is 11.9 Å². The van der Waals surface area contributed by atoms with Gasteiger partial charge in [-0.2, -0.15) is 0 Å². The van der Waals surface area contributed by atoms with Crippen LogP contribution in [0.2, 0.25) is 0 Å². The molecular weight excluding hydrogens is 302 g/mol. The molecule has 0 aromatic carbocycles. The smallest absolute Gasteiger partial charge is 0.338 e. The Morgan fingerprint density at radius 1 is 1.45 bits per heavy atom. The van der Waals surface area contributed by atoms with Crippen LogP contribution in [0.5, 0.6) is 0 Å². The molecule has 2 aromatic rings. The first kappa shape index (κ1) is 16.0. The zero-order chi connectivity index (χ0) is 16.1. The Bertz CT molecular complexity index is 683. The predicted molar refractivity (Wildman–Crippen MR) is 86.2 cm³/mol. The molecule has 0 aliphatic heterocycles. The zero-order valence-corrected chi connectivity index (χ0v) is 13.1. The maximum atomic E-state index is 11.9. The van der Waals surface area contributed by atoms with Crippen molar-refractivity contribution in [3.8, 4) is 0 Å². The number of amides is 1. The number of aromatic carboxylic acids is 1. The molecule has 0 unspecified atom stereocenters. The van der Waals surface area contributed by atoms with Gasteiger partial charge in [0.15, 0.2) is 0 Å². The number of anilines is 1. The summed E-state index contributed by atoms with van der Waals surface area (Å²) in [4.78, 5) is 23.3. The van der Waals surface area contributed by atoms with Crippen LogP contribution in [0, 0.1) is 5.92 Å². The van der Waals surface area contributed by atoms with E-state index in [1.165, 1.54) is 29.8 Å². The Morgan fingerprint density at radius 3 is 2.82 bits per heavy atom. The van der Waals surface area contributed by atoms with Crippen LogP contribution in [0.4, 0.5) is 5.00 Å². The highest BCUT2D eigenvalue weighted by Crippen LogP contribution is 2.30. The molecule has 0 bridgehead atoms. The van der Waals surface area contributed by atoms with E-state index in [1.807, 2.05) is 13.8 Å². The van der Waals surface area contributed by atoms with Crippen molar-refractivity contribution in [2.24, 2.45) is 5.92 Å². The van der Waals surface area contributed by atoms with Gasteiger partial charge in [0.1, 0.15) is 10.8 Å². The van der Waals surface area contributed by atoms with E-state index in [0.29, 0.717) is 23.1 Å². The topological polar surface area (TPSA) is 79.5 Å². The van der Waals surface area contributed by atoms with Crippen LogP contribution < -0.4 is 5.32 Å². The molecule has 2 rings (SSSR count). The molecule has 0 aliphatic carbocycles. The summed E-state index contributed by atoms with van der Waals surface area (Å²) in [5.41, 5.74) is 0.927. The Kier molecular flexibility index (Phi) is 5.16. The van der Waals surface area contributed by atoms with E-state index in [4.69, 9.17) is 4.42 Å². The average Bonchev–Trinajstić information content (AvgIpc) is 3.05. The molecule has 0 saturated heterocycles. The molecule has 6 heteroatoms. The number of carboxylic acids is 1. The molecule has 116 valence electrons. The first-order valence-electron chi connectivity index (χ1n) is 6.83. The Morgan fingerprint density at radius 2 is 2.23 bits per heavy atom.